The Morgan fingerprint density at radius 3 is 2.58 bits per heavy atom. The van der Waals surface area contributed by atoms with Gasteiger partial charge in [-0.2, -0.15) is 11.8 Å². The Bertz CT molecular complexity index is 529. The summed E-state index contributed by atoms with van der Waals surface area (Å²) in [5.74, 6) is 2.36. The van der Waals surface area contributed by atoms with Crippen molar-refractivity contribution in [3.63, 3.8) is 0 Å². The first kappa shape index (κ1) is 17.8. The van der Waals surface area contributed by atoms with Crippen LogP contribution in [0.1, 0.15) is 31.4 Å². The molecule has 1 aromatic carbocycles. The van der Waals surface area contributed by atoms with Crippen molar-refractivity contribution >= 4 is 17.7 Å². The molecule has 0 bridgehead atoms. The highest BCUT2D eigenvalue weighted by molar-refractivity contribution is 7.99. The second-order valence-electron chi connectivity index (χ2n) is 6.95. The molecule has 1 aliphatic heterocycles. The van der Waals surface area contributed by atoms with Gasteiger partial charge in [-0.25, -0.2) is 0 Å². The second-order valence-corrected chi connectivity index (χ2v) is 8.18. The lowest BCUT2D eigenvalue weighted by Crippen LogP contribution is -2.47. The predicted molar refractivity (Wildman–Crippen MR) is 101 cm³/mol. The monoisotopic (exact) mass is 347 g/mol. The third-order valence-corrected chi connectivity index (χ3v) is 6.11. The molecule has 1 amide bonds. The highest BCUT2D eigenvalue weighted by Gasteiger charge is 2.31. The van der Waals surface area contributed by atoms with Crippen molar-refractivity contribution in [1.29, 1.82) is 0 Å². The van der Waals surface area contributed by atoms with Crippen LogP contribution in [0.5, 0.6) is 0 Å². The van der Waals surface area contributed by atoms with Gasteiger partial charge in [0, 0.05) is 43.2 Å². The Morgan fingerprint density at radius 2 is 1.96 bits per heavy atom. The first-order valence-corrected chi connectivity index (χ1v) is 10.2. The van der Waals surface area contributed by atoms with E-state index in [0.29, 0.717) is 6.04 Å². The molecule has 2 fully saturated rings. The second kappa shape index (κ2) is 8.37. The fourth-order valence-corrected chi connectivity index (χ4v) is 4.26. The number of carbonyl (C=O) groups excluding carboxylic acids is 1. The first-order valence-electron chi connectivity index (χ1n) is 9.03. The molecule has 1 aliphatic carbocycles. The fourth-order valence-electron chi connectivity index (χ4n) is 3.33. The van der Waals surface area contributed by atoms with E-state index in [0.717, 1.165) is 42.7 Å². The van der Waals surface area contributed by atoms with Gasteiger partial charge in [0.2, 0.25) is 5.91 Å². The molecule has 2 atom stereocenters. The zero-order chi connectivity index (χ0) is 16.9. The number of nitrogens with one attached hydrogen (secondary N) is 1. The minimum absolute atomic E-state index is 0.143. The molecule has 132 valence electrons. The van der Waals surface area contributed by atoms with E-state index in [1.54, 1.807) is 0 Å². The van der Waals surface area contributed by atoms with Gasteiger partial charge in [0.25, 0.3) is 0 Å². The highest BCUT2D eigenvalue weighted by Crippen LogP contribution is 2.27. The molecule has 1 saturated carbocycles. The van der Waals surface area contributed by atoms with Crippen LogP contribution in [0.4, 0.5) is 0 Å². The number of amides is 1. The van der Waals surface area contributed by atoms with Gasteiger partial charge in [-0.15, -0.1) is 0 Å². The van der Waals surface area contributed by atoms with Crippen LogP contribution in [0.25, 0.3) is 0 Å². The lowest BCUT2D eigenvalue weighted by Gasteiger charge is -2.34. The number of thioether (sulfide) groups is 1. The summed E-state index contributed by atoms with van der Waals surface area (Å²) in [6, 6.07) is 11.2. The summed E-state index contributed by atoms with van der Waals surface area (Å²) in [7, 11) is 2.17. The SMILES string of the molecule is CC(CNC(=O)C(c1ccccc1)N1CCSCC1)N(C)C1CC1. The molecule has 5 heteroatoms. The summed E-state index contributed by atoms with van der Waals surface area (Å²) in [5, 5.41) is 3.21. The van der Waals surface area contributed by atoms with Crippen molar-refractivity contribution in [3.8, 4) is 0 Å². The zero-order valence-electron chi connectivity index (χ0n) is 14.8. The molecule has 0 aromatic heterocycles. The van der Waals surface area contributed by atoms with E-state index in [1.807, 2.05) is 30.0 Å². The van der Waals surface area contributed by atoms with Gasteiger partial charge >= 0.3 is 0 Å². The maximum atomic E-state index is 13.0. The quantitative estimate of drug-likeness (QED) is 0.821. The molecule has 1 N–H and O–H groups in total. The molecule has 1 heterocycles. The molecule has 1 saturated heterocycles. The predicted octanol–water partition coefficient (Wildman–Crippen LogP) is 2.38. The summed E-state index contributed by atoms with van der Waals surface area (Å²) < 4.78 is 0. The van der Waals surface area contributed by atoms with E-state index >= 15 is 0 Å². The fraction of sp³-hybridized carbons (Fsp3) is 0.632. The summed E-state index contributed by atoms with van der Waals surface area (Å²) in [5.41, 5.74) is 1.10. The zero-order valence-corrected chi connectivity index (χ0v) is 15.6. The Hall–Kier alpha value is -1.04. The van der Waals surface area contributed by atoms with Crippen LogP contribution in [0, 0.1) is 0 Å². The van der Waals surface area contributed by atoms with Gasteiger partial charge in [0.1, 0.15) is 6.04 Å². The third-order valence-electron chi connectivity index (χ3n) is 5.16. The van der Waals surface area contributed by atoms with Crippen molar-refractivity contribution in [2.45, 2.75) is 37.9 Å². The van der Waals surface area contributed by atoms with Crippen LogP contribution in [0.15, 0.2) is 30.3 Å². The van der Waals surface area contributed by atoms with Crippen molar-refractivity contribution in [2.75, 3.05) is 38.2 Å². The van der Waals surface area contributed by atoms with Gasteiger partial charge in [-0.3, -0.25) is 14.6 Å². The van der Waals surface area contributed by atoms with Crippen molar-refractivity contribution in [3.05, 3.63) is 35.9 Å². The maximum Gasteiger partial charge on any atom is 0.242 e. The molecule has 4 nitrogen and oxygen atoms in total. The normalized spacial score (nSPS) is 21.5. The lowest BCUT2D eigenvalue weighted by atomic mass is 10.0. The van der Waals surface area contributed by atoms with Crippen molar-refractivity contribution in [1.82, 2.24) is 15.1 Å². The summed E-state index contributed by atoms with van der Waals surface area (Å²) in [6.07, 6.45) is 2.60. The molecular formula is C19H29N3OS. The molecule has 0 spiro atoms. The Morgan fingerprint density at radius 1 is 1.29 bits per heavy atom. The van der Waals surface area contributed by atoms with E-state index < -0.39 is 0 Å². The van der Waals surface area contributed by atoms with Gasteiger partial charge in [-0.1, -0.05) is 30.3 Å². The van der Waals surface area contributed by atoms with Crippen LogP contribution in [0.3, 0.4) is 0 Å². The van der Waals surface area contributed by atoms with E-state index in [2.05, 4.69) is 41.2 Å². The molecule has 2 aliphatic rings. The van der Waals surface area contributed by atoms with E-state index in [1.165, 1.54) is 12.8 Å². The average Bonchev–Trinajstić information content (AvgIpc) is 3.46. The topological polar surface area (TPSA) is 35.6 Å². The number of hydrogen-bond donors (Lipinski definition) is 1. The average molecular weight is 348 g/mol. The summed E-state index contributed by atoms with van der Waals surface area (Å²) in [6.45, 7) is 4.88. The lowest BCUT2D eigenvalue weighted by molar-refractivity contribution is -0.126. The van der Waals surface area contributed by atoms with Gasteiger partial charge in [-0.05, 0) is 32.4 Å². The van der Waals surface area contributed by atoms with E-state index in [-0.39, 0.29) is 11.9 Å². The number of rotatable bonds is 7. The summed E-state index contributed by atoms with van der Waals surface area (Å²) in [4.78, 5) is 17.7. The molecule has 1 aromatic rings. The van der Waals surface area contributed by atoms with Gasteiger partial charge in [0.15, 0.2) is 0 Å². The molecule has 3 rings (SSSR count). The minimum atomic E-state index is -0.162. The van der Waals surface area contributed by atoms with Crippen LogP contribution in [-0.2, 0) is 4.79 Å². The highest BCUT2D eigenvalue weighted by atomic mass is 32.2. The molecule has 2 unspecified atom stereocenters. The molecule has 24 heavy (non-hydrogen) atoms. The number of hydrogen-bond acceptors (Lipinski definition) is 4. The minimum Gasteiger partial charge on any atom is -0.353 e. The Balaban J connectivity index is 1.64. The largest absolute Gasteiger partial charge is 0.353 e. The van der Waals surface area contributed by atoms with Crippen LogP contribution in [0.2, 0.25) is 0 Å². The number of carbonyl (C=O) groups is 1. The van der Waals surface area contributed by atoms with Crippen LogP contribution < -0.4 is 5.32 Å². The Labute approximate surface area is 150 Å². The smallest absolute Gasteiger partial charge is 0.242 e. The number of nitrogens with zero attached hydrogens (tertiary/aromatic N) is 2. The van der Waals surface area contributed by atoms with E-state index in [9.17, 15) is 4.79 Å². The summed E-state index contributed by atoms with van der Waals surface area (Å²) >= 11 is 1.98. The standard InChI is InChI=1S/C19H29N3OS/c1-15(21(2)17-8-9-17)14-20-19(23)18(16-6-4-3-5-7-16)22-10-12-24-13-11-22/h3-7,15,17-18H,8-14H2,1-2H3,(H,20,23). The first-order chi connectivity index (χ1) is 11.7. The van der Waals surface area contributed by atoms with Crippen LogP contribution >= 0.6 is 11.8 Å². The van der Waals surface area contributed by atoms with E-state index in [4.69, 9.17) is 0 Å². The number of likely N-dealkylation sites (N-methyl/N-ethyl adjacent to an activating group) is 1. The van der Waals surface area contributed by atoms with Gasteiger partial charge < -0.3 is 5.32 Å². The van der Waals surface area contributed by atoms with Crippen molar-refractivity contribution in [2.24, 2.45) is 0 Å². The maximum absolute atomic E-state index is 13.0. The van der Waals surface area contributed by atoms with Crippen molar-refractivity contribution < 1.29 is 4.79 Å². The molecule has 0 radical (unpaired) electrons. The number of benzene rings is 1. The Kier molecular flexibility index (Phi) is 6.19. The third kappa shape index (κ3) is 4.52. The van der Waals surface area contributed by atoms with Gasteiger partial charge in [0.05, 0.1) is 0 Å². The van der Waals surface area contributed by atoms with Crippen LogP contribution in [-0.4, -0.2) is 66.0 Å². The molecular weight excluding hydrogens is 318 g/mol.